The van der Waals surface area contributed by atoms with Crippen LogP contribution < -0.4 is 5.32 Å². The van der Waals surface area contributed by atoms with E-state index in [4.69, 9.17) is 0 Å². The number of alkyl halides is 1. The number of aromatic nitrogens is 3. The molecule has 1 fully saturated rings. The first-order valence-electron chi connectivity index (χ1n) is 10.8. The maximum Gasteiger partial charge on any atom is 0.272 e. The number of carbonyl (C=O) groups excluding carboxylic acids is 2. The Morgan fingerprint density at radius 3 is 2.55 bits per heavy atom. The summed E-state index contributed by atoms with van der Waals surface area (Å²) in [7, 11) is 3.29. The highest BCUT2D eigenvalue weighted by atomic mass is 19.1. The van der Waals surface area contributed by atoms with E-state index in [1.54, 1.807) is 32.6 Å². The van der Waals surface area contributed by atoms with Crippen molar-refractivity contribution in [2.45, 2.75) is 39.0 Å². The molecule has 3 heterocycles. The summed E-state index contributed by atoms with van der Waals surface area (Å²) in [6, 6.07) is 5.20. The van der Waals surface area contributed by atoms with E-state index in [1.165, 1.54) is 4.90 Å². The number of halogens is 1. The lowest BCUT2D eigenvalue weighted by Gasteiger charge is -2.17. The Labute approximate surface area is 190 Å². The highest BCUT2D eigenvalue weighted by molar-refractivity contribution is 6.03. The Balaban J connectivity index is 1.78. The lowest BCUT2D eigenvalue weighted by atomic mass is 9.97. The van der Waals surface area contributed by atoms with Crippen molar-refractivity contribution in [2.75, 3.05) is 19.4 Å². The minimum atomic E-state index is -1.10. The number of aliphatic hydroxyl groups is 1. The predicted octanol–water partition coefficient (Wildman–Crippen LogP) is 3.44. The minimum Gasteiger partial charge on any atom is -0.387 e. The van der Waals surface area contributed by atoms with E-state index < -0.39 is 24.1 Å². The molecule has 0 aliphatic heterocycles. The van der Waals surface area contributed by atoms with Crippen molar-refractivity contribution >= 4 is 28.5 Å². The van der Waals surface area contributed by atoms with Crippen molar-refractivity contribution in [2.24, 2.45) is 5.92 Å². The molecule has 2 N–H and O–H groups in total. The maximum absolute atomic E-state index is 13.2. The Bertz CT molecular complexity index is 1250. The molecule has 3 atom stereocenters. The molecule has 3 aromatic heterocycles. The molecule has 1 aliphatic carbocycles. The van der Waals surface area contributed by atoms with Crippen molar-refractivity contribution in [3.8, 4) is 11.1 Å². The number of nitrogens with zero attached hydrogens (tertiary/aromatic N) is 4. The number of nitrogens with one attached hydrogen (secondary N) is 1. The number of amides is 2. The summed E-state index contributed by atoms with van der Waals surface area (Å²) in [5.74, 6) is -1.07. The molecule has 33 heavy (non-hydrogen) atoms. The second-order valence-corrected chi connectivity index (χ2v) is 8.54. The third-order valence-corrected chi connectivity index (χ3v) is 5.76. The summed E-state index contributed by atoms with van der Waals surface area (Å²) >= 11 is 0. The van der Waals surface area contributed by atoms with Gasteiger partial charge in [-0.2, -0.15) is 0 Å². The summed E-state index contributed by atoms with van der Waals surface area (Å²) in [5.41, 5.74) is 3.45. The van der Waals surface area contributed by atoms with Gasteiger partial charge < -0.3 is 15.3 Å². The summed E-state index contributed by atoms with van der Waals surface area (Å²) in [4.78, 5) is 39.7. The first kappa shape index (κ1) is 22.7. The van der Waals surface area contributed by atoms with Crippen LogP contribution in [0.2, 0.25) is 0 Å². The van der Waals surface area contributed by atoms with Gasteiger partial charge in [0.15, 0.2) is 0 Å². The van der Waals surface area contributed by atoms with Crippen molar-refractivity contribution in [1.29, 1.82) is 0 Å². The molecule has 0 unspecified atom stereocenters. The average Bonchev–Trinajstić information content (AvgIpc) is 3.53. The number of rotatable bonds is 6. The van der Waals surface area contributed by atoms with Gasteiger partial charge in [0.2, 0.25) is 5.91 Å². The molecule has 1 aliphatic rings. The van der Waals surface area contributed by atoms with Gasteiger partial charge in [-0.05, 0) is 37.5 Å². The van der Waals surface area contributed by atoms with E-state index >= 15 is 0 Å². The molecule has 0 saturated heterocycles. The SMILES string of the molecule is CC[C@@H](O)c1cc(C)c(-c2cc3cnc(NC(=O)[C@H]4C[C@H]4F)cc3nc2C(=O)N(C)C)cn1. The highest BCUT2D eigenvalue weighted by Gasteiger charge is 2.43. The van der Waals surface area contributed by atoms with Gasteiger partial charge >= 0.3 is 0 Å². The van der Waals surface area contributed by atoms with Crippen LogP contribution in [0.3, 0.4) is 0 Å². The zero-order valence-electron chi connectivity index (χ0n) is 19.0. The number of aliphatic hydroxyl groups excluding tert-OH is 1. The van der Waals surface area contributed by atoms with Crippen LogP contribution in [0.4, 0.5) is 10.2 Å². The third-order valence-electron chi connectivity index (χ3n) is 5.76. The molecule has 0 aromatic carbocycles. The molecule has 172 valence electrons. The van der Waals surface area contributed by atoms with Gasteiger partial charge in [0.25, 0.3) is 5.91 Å². The van der Waals surface area contributed by atoms with Crippen LogP contribution in [-0.2, 0) is 4.79 Å². The Morgan fingerprint density at radius 2 is 1.94 bits per heavy atom. The van der Waals surface area contributed by atoms with E-state index in [0.717, 1.165) is 11.1 Å². The van der Waals surface area contributed by atoms with Crippen LogP contribution in [-0.4, -0.2) is 57.0 Å². The van der Waals surface area contributed by atoms with Gasteiger partial charge in [-0.1, -0.05) is 6.92 Å². The minimum absolute atomic E-state index is 0.226. The third kappa shape index (κ3) is 4.54. The lowest BCUT2D eigenvalue weighted by molar-refractivity contribution is -0.117. The number of carbonyl (C=O) groups is 2. The zero-order valence-corrected chi connectivity index (χ0v) is 19.0. The first-order chi connectivity index (χ1) is 15.7. The summed E-state index contributed by atoms with van der Waals surface area (Å²) in [5, 5.41) is 13.4. The second-order valence-electron chi connectivity index (χ2n) is 8.54. The van der Waals surface area contributed by atoms with Crippen molar-refractivity contribution < 1.29 is 19.1 Å². The normalized spacial score (nSPS) is 18.1. The largest absolute Gasteiger partial charge is 0.387 e. The Morgan fingerprint density at radius 1 is 1.21 bits per heavy atom. The number of fused-ring (bicyclic) bond motifs is 1. The summed E-state index contributed by atoms with van der Waals surface area (Å²) in [6.45, 7) is 3.77. The molecule has 3 aromatic rings. The van der Waals surface area contributed by atoms with Gasteiger partial charge in [-0.15, -0.1) is 0 Å². The van der Waals surface area contributed by atoms with E-state index in [2.05, 4.69) is 20.3 Å². The van der Waals surface area contributed by atoms with Crippen LogP contribution in [0.5, 0.6) is 0 Å². The van der Waals surface area contributed by atoms with Gasteiger partial charge in [-0.25, -0.2) is 14.4 Å². The Hall–Kier alpha value is -3.46. The molecule has 0 bridgehead atoms. The Kier molecular flexibility index (Phi) is 6.07. The van der Waals surface area contributed by atoms with E-state index in [9.17, 15) is 19.1 Å². The lowest BCUT2D eigenvalue weighted by Crippen LogP contribution is -2.23. The topological polar surface area (TPSA) is 108 Å². The molecule has 2 amide bonds. The quantitative estimate of drug-likeness (QED) is 0.594. The van der Waals surface area contributed by atoms with Crippen LogP contribution in [0.25, 0.3) is 22.0 Å². The summed E-state index contributed by atoms with van der Waals surface area (Å²) in [6.07, 6.45) is 2.22. The number of hydrogen-bond acceptors (Lipinski definition) is 6. The monoisotopic (exact) mass is 451 g/mol. The fourth-order valence-corrected chi connectivity index (χ4v) is 3.62. The number of pyridine rings is 3. The van der Waals surface area contributed by atoms with E-state index in [0.29, 0.717) is 28.6 Å². The van der Waals surface area contributed by atoms with E-state index in [-0.39, 0.29) is 23.8 Å². The molecule has 8 nitrogen and oxygen atoms in total. The smallest absolute Gasteiger partial charge is 0.272 e. The molecule has 1 saturated carbocycles. The van der Waals surface area contributed by atoms with Gasteiger partial charge in [0.05, 0.1) is 23.2 Å². The van der Waals surface area contributed by atoms with Crippen molar-refractivity contribution in [3.63, 3.8) is 0 Å². The predicted molar refractivity (Wildman–Crippen MR) is 122 cm³/mol. The molecule has 4 rings (SSSR count). The zero-order chi connectivity index (χ0) is 23.9. The van der Waals surface area contributed by atoms with Crippen LogP contribution >= 0.6 is 0 Å². The molecular weight excluding hydrogens is 425 g/mol. The molecule has 9 heteroatoms. The van der Waals surface area contributed by atoms with Gasteiger partial charge in [0.1, 0.15) is 17.7 Å². The highest BCUT2D eigenvalue weighted by Crippen LogP contribution is 2.35. The summed E-state index contributed by atoms with van der Waals surface area (Å²) < 4.78 is 13.2. The number of hydrogen-bond donors (Lipinski definition) is 2. The fraction of sp³-hybridized carbons (Fsp3) is 0.375. The van der Waals surface area contributed by atoms with Crippen molar-refractivity contribution in [3.05, 3.63) is 47.5 Å². The van der Waals surface area contributed by atoms with Crippen molar-refractivity contribution in [1.82, 2.24) is 19.9 Å². The number of aryl methyl sites for hydroxylation is 1. The van der Waals surface area contributed by atoms with Crippen LogP contribution in [0.1, 0.15) is 47.6 Å². The van der Waals surface area contributed by atoms with Crippen LogP contribution in [0, 0.1) is 12.8 Å². The van der Waals surface area contributed by atoms with Gasteiger partial charge in [0, 0.05) is 49.1 Å². The van der Waals surface area contributed by atoms with E-state index in [1.807, 2.05) is 26.0 Å². The first-order valence-corrected chi connectivity index (χ1v) is 10.8. The molecule has 0 spiro atoms. The average molecular weight is 452 g/mol. The molecule has 0 radical (unpaired) electrons. The second kappa shape index (κ2) is 8.82. The number of anilines is 1. The van der Waals surface area contributed by atoms with Crippen LogP contribution in [0.15, 0.2) is 30.6 Å². The fourth-order valence-electron chi connectivity index (χ4n) is 3.62. The van der Waals surface area contributed by atoms with Gasteiger partial charge in [-0.3, -0.25) is 14.6 Å². The standard InChI is InChI=1S/C24H26FN5O3/c1-5-20(31)19-6-12(2)16(11-26-19)14-7-13-10-27-21(29-23(32)15-8-17(15)25)9-18(13)28-22(14)24(33)30(3)4/h6-7,9-11,15,17,20,31H,5,8H2,1-4H3,(H,27,29,32)/t15-,17+,20+/m0/s1. The molecular formula is C24H26FN5O3. The maximum atomic E-state index is 13.2.